The van der Waals surface area contributed by atoms with Gasteiger partial charge in [-0.2, -0.15) is 5.10 Å². The van der Waals surface area contributed by atoms with E-state index >= 15 is 0 Å². The molecule has 0 spiro atoms. The highest BCUT2D eigenvalue weighted by Gasteiger charge is 2.27. The molecule has 1 aliphatic carbocycles. The fourth-order valence-corrected chi connectivity index (χ4v) is 3.68. The first-order chi connectivity index (χ1) is 13.3. The van der Waals surface area contributed by atoms with Crippen LogP contribution in [0.25, 0.3) is 5.69 Å². The summed E-state index contributed by atoms with van der Waals surface area (Å²) in [5, 5.41) is 19.2. The van der Waals surface area contributed by atoms with Crippen molar-refractivity contribution in [3.63, 3.8) is 0 Å². The molecule has 1 aliphatic rings. The number of urea groups is 1. The fourth-order valence-electron chi connectivity index (χ4n) is 3.68. The third-order valence-electron chi connectivity index (χ3n) is 5.34. The summed E-state index contributed by atoms with van der Waals surface area (Å²) in [4.78, 5) is 23.3. The van der Waals surface area contributed by atoms with E-state index in [1.54, 1.807) is 23.0 Å². The van der Waals surface area contributed by atoms with Crippen LogP contribution in [0.2, 0.25) is 0 Å². The van der Waals surface area contributed by atoms with Crippen molar-refractivity contribution in [3.05, 3.63) is 47.5 Å². The van der Waals surface area contributed by atoms with Crippen LogP contribution in [0, 0.1) is 18.7 Å². The third-order valence-corrected chi connectivity index (χ3v) is 5.34. The molecule has 0 saturated heterocycles. The first-order valence-corrected chi connectivity index (χ1v) is 9.45. The first-order valence-electron chi connectivity index (χ1n) is 9.45. The second-order valence-corrected chi connectivity index (χ2v) is 7.30. The number of halogens is 1. The Labute approximate surface area is 162 Å². The minimum atomic E-state index is -0.759. The van der Waals surface area contributed by atoms with E-state index in [0.29, 0.717) is 25.7 Å². The number of carbonyl (C=O) groups excluding carboxylic acids is 1. The fraction of sp³-hybridized carbons (Fsp3) is 0.450. The largest absolute Gasteiger partial charge is 0.481 e. The molecular formula is C20H25FN4O3. The predicted molar refractivity (Wildman–Crippen MR) is 102 cm³/mol. The van der Waals surface area contributed by atoms with Crippen LogP contribution in [-0.4, -0.2) is 32.9 Å². The van der Waals surface area contributed by atoms with Gasteiger partial charge in [0.2, 0.25) is 0 Å². The summed E-state index contributed by atoms with van der Waals surface area (Å²) in [7, 11) is 0. The molecule has 1 aromatic carbocycles. The third kappa shape index (κ3) is 4.49. The zero-order valence-electron chi connectivity index (χ0n) is 16.0. The molecule has 2 amide bonds. The maximum Gasteiger partial charge on any atom is 0.315 e. The lowest BCUT2D eigenvalue weighted by Crippen LogP contribution is -2.44. The van der Waals surface area contributed by atoms with Crippen molar-refractivity contribution in [1.29, 1.82) is 0 Å². The highest BCUT2D eigenvalue weighted by Crippen LogP contribution is 2.25. The van der Waals surface area contributed by atoms with E-state index in [1.807, 2.05) is 13.8 Å². The molecule has 150 valence electrons. The zero-order chi connectivity index (χ0) is 20.3. The van der Waals surface area contributed by atoms with Gasteiger partial charge in [0.1, 0.15) is 5.82 Å². The Morgan fingerprint density at radius 3 is 2.46 bits per heavy atom. The topological polar surface area (TPSA) is 96.2 Å². The molecule has 1 aromatic heterocycles. The Bertz CT molecular complexity index is 842. The summed E-state index contributed by atoms with van der Waals surface area (Å²) in [6.45, 7) is 3.77. The average molecular weight is 388 g/mol. The summed E-state index contributed by atoms with van der Waals surface area (Å²) in [5.74, 6) is -1.37. The smallest absolute Gasteiger partial charge is 0.315 e. The number of aliphatic carboxylic acids is 1. The van der Waals surface area contributed by atoms with Gasteiger partial charge < -0.3 is 15.7 Å². The Morgan fingerprint density at radius 1 is 1.21 bits per heavy atom. The van der Waals surface area contributed by atoms with Gasteiger partial charge in [-0.05, 0) is 63.8 Å². The van der Waals surface area contributed by atoms with Gasteiger partial charge in [-0.15, -0.1) is 0 Å². The lowest BCUT2D eigenvalue weighted by molar-refractivity contribution is -0.142. The molecule has 3 N–H and O–H groups in total. The summed E-state index contributed by atoms with van der Waals surface area (Å²) in [6, 6.07) is 5.51. The molecule has 0 radical (unpaired) electrons. The number of carboxylic acids is 1. The van der Waals surface area contributed by atoms with Crippen LogP contribution in [0.3, 0.4) is 0 Å². The molecule has 2 aromatic rings. The van der Waals surface area contributed by atoms with Gasteiger partial charge in [0.05, 0.1) is 23.8 Å². The molecule has 7 nitrogen and oxygen atoms in total. The second kappa shape index (κ2) is 8.41. The molecule has 1 atom stereocenters. The molecule has 1 heterocycles. The molecule has 1 unspecified atom stereocenters. The second-order valence-electron chi connectivity index (χ2n) is 7.30. The highest BCUT2D eigenvalue weighted by molar-refractivity contribution is 5.75. The normalized spacial score (nSPS) is 20.4. The van der Waals surface area contributed by atoms with Crippen molar-refractivity contribution in [1.82, 2.24) is 20.4 Å². The minimum Gasteiger partial charge on any atom is -0.481 e. The Hall–Kier alpha value is -2.90. The van der Waals surface area contributed by atoms with Gasteiger partial charge in [-0.3, -0.25) is 4.79 Å². The van der Waals surface area contributed by atoms with Gasteiger partial charge in [-0.1, -0.05) is 0 Å². The van der Waals surface area contributed by atoms with Crippen LogP contribution in [0.5, 0.6) is 0 Å². The van der Waals surface area contributed by atoms with Crippen molar-refractivity contribution in [3.8, 4) is 5.69 Å². The Balaban J connectivity index is 1.57. The van der Waals surface area contributed by atoms with Crippen LogP contribution in [0.15, 0.2) is 30.5 Å². The van der Waals surface area contributed by atoms with E-state index in [2.05, 4.69) is 15.7 Å². The molecule has 28 heavy (non-hydrogen) atoms. The Morgan fingerprint density at radius 2 is 1.86 bits per heavy atom. The van der Waals surface area contributed by atoms with Gasteiger partial charge in [0, 0.05) is 17.3 Å². The quantitative estimate of drug-likeness (QED) is 0.732. The monoisotopic (exact) mass is 388 g/mol. The number of nitrogens with one attached hydrogen (secondary N) is 2. The maximum atomic E-state index is 13.1. The molecule has 1 fully saturated rings. The molecule has 8 heteroatoms. The van der Waals surface area contributed by atoms with Gasteiger partial charge in [0.15, 0.2) is 0 Å². The van der Waals surface area contributed by atoms with Crippen LogP contribution in [-0.2, 0) is 4.79 Å². The molecule has 0 aliphatic heterocycles. The SMILES string of the molecule is Cc1c(C(C)NC(=O)NC2CCC(C(=O)O)CC2)cnn1-c1ccc(F)cc1. The average Bonchev–Trinajstić information content (AvgIpc) is 3.04. The number of amides is 2. The number of hydrogen-bond acceptors (Lipinski definition) is 3. The molecular weight excluding hydrogens is 363 g/mol. The summed E-state index contributed by atoms with van der Waals surface area (Å²) in [6.07, 6.45) is 4.20. The molecule has 1 saturated carbocycles. The molecule has 0 bridgehead atoms. The lowest BCUT2D eigenvalue weighted by atomic mass is 9.86. The zero-order valence-corrected chi connectivity index (χ0v) is 16.0. The number of benzene rings is 1. The van der Waals surface area contributed by atoms with Crippen molar-refractivity contribution >= 4 is 12.0 Å². The van der Waals surface area contributed by atoms with Gasteiger partial charge >= 0.3 is 12.0 Å². The number of aromatic nitrogens is 2. The van der Waals surface area contributed by atoms with Gasteiger partial charge in [0.25, 0.3) is 0 Å². The number of carboxylic acid groups (broad SMARTS) is 1. The number of nitrogens with zero attached hydrogens (tertiary/aromatic N) is 2. The van der Waals surface area contributed by atoms with E-state index in [0.717, 1.165) is 16.9 Å². The van der Waals surface area contributed by atoms with Crippen LogP contribution in [0.1, 0.15) is 49.9 Å². The van der Waals surface area contributed by atoms with Gasteiger partial charge in [-0.25, -0.2) is 13.9 Å². The molecule has 3 rings (SSSR count). The van der Waals surface area contributed by atoms with E-state index in [-0.39, 0.29) is 29.8 Å². The van der Waals surface area contributed by atoms with Crippen LogP contribution in [0.4, 0.5) is 9.18 Å². The van der Waals surface area contributed by atoms with E-state index < -0.39 is 5.97 Å². The first kappa shape index (κ1) is 19.9. The van der Waals surface area contributed by atoms with Crippen molar-refractivity contribution in [2.24, 2.45) is 5.92 Å². The van der Waals surface area contributed by atoms with E-state index in [1.165, 1.54) is 12.1 Å². The van der Waals surface area contributed by atoms with Crippen molar-refractivity contribution in [2.75, 3.05) is 0 Å². The maximum absolute atomic E-state index is 13.1. The predicted octanol–water partition coefficient (Wildman–Crippen LogP) is 3.32. The summed E-state index contributed by atoms with van der Waals surface area (Å²) in [5.41, 5.74) is 2.48. The van der Waals surface area contributed by atoms with Crippen molar-refractivity contribution in [2.45, 2.75) is 51.6 Å². The standard InChI is InChI=1S/C20H25FN4O3/c1-12(23-20(28)24-16-7-3-14(4-8-16)19(26)27)18-11-22-25(13(18)2)17-9-5-15(21)6-10-17/h5-6,9-12,14,16H,3-4,7-8H2,1-2H3,(H,26,27)(H2,23,24,28). The number of hydrogen-bond donors (Lipinski definition) is 3. The van der Waals surface area contributed by atoms with Crippen LogP contribution < -0.4 is 10.6 Å². The Kier molecular flexibility index (Phi) is 5.96. The summed E-state index contributed by atoms with van der Waals surface area (Å²) >= 11 is 0. The van der Waals surface area contributed by atoms with E-state index in [9.17, 15) is 14.0 Å². The van der Waals surface area contributed by atoms with E-state index in [4.69, 9.17) is 5.11 Å². The highest BCUT2D eigenvalue weighted by atomic mass is 19.1. The lowest BCUT2D eigenvalue weighted by Gasteiger charge is -2.27. The summed E-state index contributed by atoms with van der Waals surface area (Å²) < 4.78 is 14.8. The van der Waals surface area contributed by atoms with Crippen molar-refractivity contribution < 1.29 is 19.1 Å². The minimum absolute atomic E-state index is 0.00849. The van der Waals surface area contributed by atoms with Crippen LogP contribution >= 0.6 is 0 Å². The number of carbonyl (C=O) groups is 2. The number of rotatable bonds is 5.